The van der Waals surface area contributed by atoms with E-state index in [4.69, 9.17) is 5.73 Å². The van der Waals surface area contributed by atoms with Crippen LogP contribution in [-0.2, 0) is 13.6 Å². The van der Waals surface area contributed by atoms with Crippen LogP contribution in [0.3, 0.4) is 0 Å². The maximum Gasteiger partial charge on any atom is 0.270 e. The van der Waals surface area contributed by atoms with Crippen LogP contribution < -0.4 is 11.1 Å². The minimum atomic E-state index is -0.225. The standard InChI is InChI=1S/C15H17N5O/c1-11-13(10-20(2)19-11)9-18-15(21)14-6-5-12(8-17-14)4-3-7-16/h5-6,8,10H,7,9,16H2,1-2H3,(H,18,21). The maximum atomic E-state index is 12.0. The van der Waals surface area contributed by atoms with Crippen LogP contribution in [0.15, 0.2) is 24.5 Å². The second kappa shape index (κ2) is 6.68. The van der Waals surface area contributed by atoms with E-state index in [1.54, 1.807) is 23.0 Å². The summed E-state index contributed by atoms with van der Waals surface area (Å²) in [4.78, 5) is 16.1. The van der Waals surface area contributed by atoms with Crippen molar-refractivity contribution in [3.63, 3.8) is 0 Å². The highest BCUT2D eigenvalue weighted by Crippen LogP contribution is 2.05. The number of nitrogens with two attached hydrogens (primary N) is 1. The lowest BCUT2D eigenvalue weighted by Crippen LogP contribution is -2.23. The number of aromatic nitrogens is 3. The van der Waals surface area contributed by atoms with Gasteiger partial charge in [-0.1, -0.05) is 11.8 Å². The summed E-state index contributed by atoms with van der Waals surface area (Å²) in [5.41, 5.74) is 8.27. The van der Waals surface area contributed by atoms with E-state index in [0.717, 1.165) is 16.8 Å². The molecule has 0 aromatic carbocycles. The Hall–Kier alpha value is -2.65. The van der Waals surface area contributed by atoms with Gasteiger partial charge in [0.05, 0.1) is 12.2 Å². The Labute approximate surface area is 123 Å². The number of aryl methyl sites for hydroxylation is 2. The van der Waals surface area contributed by atoms with Crippen LogP contribution in [-0.4, -0.2) is 27.2 Å². The molecule has 0 saturated carbocycles. The van der Waals surface area contributed by atoms with E-state index in [1.165, 1.54) is 0 Å². The summed E-state index contributed by atoms with van der Waals surface area (Å²) in [6, 6.07) is 3.39. The molecule has 0 saturated heterocycles. The molecule has 0 bridgehead atoms. The average molecular weight is 283 g/mol. The van der Waals surface area contributed by atoms with Crippen LogP contribution in [0.5, 0.6) is 0 Å². The summed E-state index contributed by atoms with van der Waals surface area (Å²) in [6.45, 7) is 2.63. The Morgan fingerprint density at radius 1 is 1.48 bits per heavy atom. The van der Waals surface area contributed by atoms with E-state index < -0.39 is 0 Å². The zero-order valence-corrected chi connectivity index (χ0v) is 12.1. The number of amides is 1. The SMILES string of the molecule is Cc1nn(C)cc1CNC(=O)c1ccc(C#CCN)cn1. The minimum absolute atomic E-state index is 0.225. The van der Waals surface area contributed by atoms with Gasteiger partial charge in [-0.3, -0.25) is 9.48 Å². The smallest absolute Gasteiger partial charge is 0.270 e. The number of pyridine rings is 1. The molecule has 21 heavy (non-hydrogen) atoms. The summed E-state index contributed by atoms with van der Waals surface area (Å²) in [5.74, 6) is 5.37. The highest BCUT2D eigenvalue weighted by molar-refractivity contribution is 5.92. The molecule has 6 nitrogen and oxygen atoms in total. The van der Waals surface area contributed by atoms with Crippen molar-refractivity contribution in [3.05, 3.63) is 47.0 Å². The first-order valence-corrected chi connectivity index (χ1v) is 6.52. The van der Waals surface area contributed by atoms with E-state index in [-0.39, 0.29) is 5.91 Å². The third-order valence-corrected chi connectivity index (χ3v) is 2.89. The summed E-state index contributed by atoms with van der Waals surface area (Å²) >= 11 is 0. The third-order valence-electron chi connectivity index (χ3n) is 2.89. The molecular formula is C15H17N5O. The van der Waals surface area contributed by atoms with Gasteiger partial charge in [-0.2, -0.15) is 5.10 Å². The number of hydrogen-bond acceptors (Lipinski definition) is 4. The Kier molecular flexibility index (Phi) is 4.69. The van der Waals surface area contributed by atoms with E-state index >= 15 is 0 Å². The zero-order chi connectivity index (χ0) is 15.2. The van der Waals surface area contributed by atoms with Gasteiger partial charge in [-0.25, -0.2) is 4.98 Å². The molecule has 108 valence electrons. The Balaban J connectivity index is 1.98. The summed E-state index contributed by atoms with van der Waals surface area (Å²) < 4.78 is 1.72. The lowest BCUT2D eigenvalue weighted by atomic mass is 10.2. The fourth-order valence-electron chi connectivity index (χ4n) is 1.84. The van der Waals surface area contributed by atoms with Crippen molar-refractivity contribution >= 4 is 5.91 Å². The minimum Gasteiger partial charge on any atom is -0.346 e. The van der Waals surface area contributed by atoms with Crippen molar-refractivity contribution in [2.45, 2.75) is 13.5 Å². The molecule has 0 spiro atoms. The van der Waals surface area contributed by atoms with Gasteiger partial charge in [0.15, 0.2) is 0 Å². The number of carbonyl (C=O) groups is 1. The quantitative estimate of drug-likeness (QED) is 0.797. The third kappa shape index (κ3) is 3.91. The number of nitrogens with one attached hydrogen (secondary N) is 1. The van der Waals surface area contributed by atoms with Crippen LogP contribution in [0.2, 0.25) is 0 Å². The summed E-state index contributed by atoms with van der Waals surface area (Å²) in [5, 5.41) is 7.05. The van der Waals surface area contributed by atoms with Crippen molar-refractivity contribution in [1.29, 1.82) is 0 Å². The highest BCUT2D eigenvalue weighted by Gasteiger charge is 2.09. The molecule has 3 N–H and O–H groups in total. The van der Waals surface area contributed by atoms with Crippen LogP contribution in [0.4, 0.5) is 0 Å². The first-order valence-electron chi connectivity index (χ1n) is 6.52. The van der Waals surface area contributed by atoms with E-state index in [0.29, 0.717) is 18.8 Å². The van der Waals surface area contributed by atoms with Gasteiger partial charge in [0.25, 0.3) is 5.91 Å². The molecule has 2 aromatic rings. The average Bonchev–Trinajstić information content (AvgIpc) is 2.81. The van der Waals surface area contributed by atoms with E-state index in [9.17, 15) is 4.79 Å². The van der Waals surface area contributed by atoms with Gasteiger partial charge in [0.2, 0.25) is 0 Å². The molecule has 2 heterocycles. The molecule has 0 aliphatic heterocycles. The van der Waals surface area contributed by atoms with Gasteiger partial charge < -0.3 is 11.1 Å². The van der Waals surface area contributed by atoms with Crippen LogP contribution in [0.1, 0.15) is 27.3 Å². The van der Waals surface area contributed by atoms with Crippen LogP contribution >= 0.6 is 0 Å². The van der Waals surface area contributed by atoms with Gasteiger partial charge >= 0.3 is 0 Å². The van der Waals surface area contributed by atoms with Gasteiger partial charge in [-0.05, 0) is 19.1 Å². The predicted molar refractivity (Wildman–Crippen MR) is 79.3 cm³/mol. The van der Waals surface area contributed by atoms with Gasteiger partial charge in [0, 0.05) is 37.1 Å². The normalized spacial score (nSPS) is 9.86. The number of nitrogens with zero attached hydrogens (tertiary/aromatic N) is 3. The Bertz CT molecular complexity index is 691. The molecule has 0 unspecified atom stereocenters. The van der Waals surface area contributed by atoms with Gasteiger partial charge in [0.1, 0.15) is 5.69 Å². The molecule has 0 atom stereocenters. The lowest BCUT2D eigenvalue weighted by molar-refractivity contribution is 0.0946. The number of hydrogen-bond donors (Lipinski definition) is 2. The molecule has 2 aromatic heterocycles. The van der Waals surface area contributed by atoms with Gasteiger partial charge in [-0.15, -0.1) is 0 Å². The van der Waals surface area contributed by atoms with Crippen LogP contribution in [0, 0.1) is 18.8 Å². The summed E-state index contributed by atoms with van der Waals surface area (Å²) in [7, 11) is 1.85. The molecule has 0 fully saturated rings. The Morgan fingerprint density at radius 3 is 2.86 bits per heavy atom. The molecule has 0 aliphatic rings. The second-order valence-electron chi connectivity index (χ2n) is 4.53. The van der Waals surface area contributed by atoms with Crippen molar-refractivity contribution in [2.75, 3.05) is 6.54 Å². The maximum absolute atomic E-state index is 12.0. The van der Waals surface area contributed by atoms with Crippen molar-refractivity contribution in [1.82, 2.24) is 20.1 Å². The monoisotopic (exact) mass is 283 g/mol. The molecule has 0 aliphatic carbocycles. The second-order valence-corrected chi connectivity index (χ2v) is 4.53. The first-order chi connectivity index (χ1) is 10.1. The predicted octanol–water partition coefficient (Wildman–Crippen LogP) is 0.364. The largest absolute Gasteiger partial charge is 0.346 e. The van der Waals surface area contributed by atoms with E-state index in [2.05, 4.69) is 27.2 Å². The summed E-state index contributed by atoms with van der Waals surface area (Å²) in [6.07, 6.45) is 3.45. The Morgan fingerprint density at radius 2 is 2.29 bits per heavy atom. The van der Waals surface area contributed by atoms with Crippen molar-refractivity contribution < 1.29 is 4.79 Å². The molecular weight excluding hydrogens is 266 g/mol. The van der Waals surface area contributed by atoms with Crippen LogP contribution in [0.25, 0.3) is 0 Å². The van der Waals surface area contributed by atoms with Crippen molar-refractivity contribution in [2.24, 2.45) is 12.8 Å². The first kappa shape index (κ1) is 14.8. The number of rotatable bonds is 3. The fourth-order valence-corrected chi connectivity index (χ4v) is 1.84. The molecule has 1 amide bonds. The fraction of sp³-hybridized carbons (Fsp3) is 0.267. The van der Waals surface area contributed by atoms with Crippen molar-refractivity contribution in [3.8, 4) is 11.8 Å². The topological polar surface area (TPSA) is 85.8 Å². The number of carbonyl (C=O) groups excluding carboxylic acids is 1. The zero-order valence-electron chi connectivity index (χ0n) is 12.1. The lowest BCUT2D eigenvalue weighted by Gasteiger charge is -2.03. The molecule has 0 radical (unpaired) electrons. The molecule has 6 heteroatoms. The highest BCUT2D eigenvalue weighted by atomic mass is 16.1. The van der Waals surface area contributed by atoms with E-state index in [1.807, 2.05) is 20.2 Å². The molecule has 2 rings (SSSR count).